The van der Waals surface area contributed by atoms with Crippen molar-refractivity contribution < 1.29 is 14.6 Å². The van der Waals surface area contributed by atoms with Crippen LogP contribution in [-0.2, 0) is 17.8 Å². The van der Waals surface area contributed by atoms with Crippen molar-refractivity contribution in [3.63, 3.8) is 0 Å². The van der Waals surface area contributed by atoms with Gasteiger partial charge in [0, 0.05) is 0 Å². The highest BCUT2D eigenvalue weighted by atomic mass is 35.5. The van der Waals surface area contributed by atoms with Gasteiger partial charge in [-0.05, 0) is 31.5 Å². The summed E-state index contributed by atoms with van der Waals surface area (Å²) in [5.74, 6) is -0.137. The van der Waals surface area contributed by atoms with Crippen molar-refractivity contribution in [2.24, 2.45) is 0 Å². The van der Waals surface area contributed by atoms with Gasteiger partial charge in [0.1, 0.15) is 12.4 Å². The fraction of sp³-hybridized carbons (Fsp3) is 0.333. The molecule has 0 spiro atoms. The zero-order chi connectivity index (χ0) is 15.4. The lowest BCUT2D eigenvalue weighted by atomic mass is 10.1. The second-order valence-electron chi connectivity index (χ2n) is 4.77. The fourth-order valence-corrected chi connectivity index (χ4v) is 2.16. The van der Waals surface area contributed by atoms with Crippen molar-refractivity contribution in [1.29, 1.82) is 0 Å². The highest BCUT2D eigenvalue weighted by molar-refractivity contribution is 6.31. The molecule has 0 fully saturated rings. The van der Waals surface area contributed by atoms with Gasteiger partial charge >= 0.3 is 5.97 Å². The summed E-state index contributed by atoms with van der Waals surface area (Å²) < 4.78 is 7.44. The smallest absolute Gasteiger partial charge is 0.307 e. The van der Waals surface area contributed by atoms with Crippen LogP contribution in [0.2, 0.25) is 5.02 Å². The first-order valence-corrected chi connectivity index (χ1v) is 6.98. The molecule has 0 radical (unpaired) electrons. The number of halogens is 1. The van der Waals surface area contributed by atoms with E-state index in [-0.39, 0.29) is 6.42 Å². The molecule has 112 valence electrons. The number of carbonyl (C=O) groups is 1. The molecule has 0 unspecified atom stereocenters. The summed E-state index contributed by atoms with van der Waals surface area (Å²) in [7, 11) is 0. The average Bonchev–Trinajstić information content (AvgIpc) is 2.68. The maximum Gasteiger partial charge on any atom is 0.307 e. The predicted molar refractivity (Wildman–Crippen MR) is 80.0 cm³/mol. The summed E-state index contributed by atoms with van der Waals surface area (Å²) in [6.45, 7) is 4.86. The van der Waals surface area contributed by atoms with Gasteiger partial charge < -0.3 is 9.84 Å². The minimum Gasteiger partial charge on any atom is -0.492 e. The van der Waals surface area contributed by atoms with Crippen LogP contribution in [0.5, 0.6) is 5.75 Å². The molecule has 1 heterocycles. The molecular weight excluding hydrogens is 292 g/mol. The lowest BCUT2D eigenvalue weighted by Gasteiger charge is -2.08. The molecule has 1 N–H and O–H groups in total. The Morgan fingerprint density at radius 1 is 1.33 bits per heavy atom. The number of rotatable bonds is 6. The number of ether oxygens (including phenoxy) is 1. The minimum absolute atomic E-state index is 0.0184. The van der Waals surface area contributed by atoms with Crippen molar-refractivity contribution in [3.05, 3.63) is 46.2 Å². The van der Waals surface area contributed by atoms with E-state index in [1.165, 1.54) is 0 Å². The number of aromatic nitrogens is 2. The molecule has 0 saturated carbocycles. The van der Waals surface area contributed by atoms with Gasteiger partial charge in [-0.2, -0.15) is 5.10 Å². The Labute approximate surface area is 128 Å². The molecule has 0 bridgehead atoms. The molecule has 21 heavy (non-hydrogen) atoms. The van der Waals surface area contributed by atoms with Gasteiger partial charge in [-0.25, -0.2) is 0 Å². The highest BCUT2D eigenvalue weighted by Gasteiger charge is 2.08. The van der Waals surface area contributed by atoms with Gasteiger partial charge in [-0.3, -0.25) is 9.48 Å². The largest absolute Gasteiger partial charge is 0.492 e. The molecule has 1 aromatic heterocycles. The fourth-order valence-electron chi connectivity index (χ4n) is 2.02. The summed E-state index contributed by atoms with van der Waals surface area (Å²) in [5, 5.41) is 13.7. The average molecular weight is 309 g/mol. The summed E-state index contributed by atoms with van der Waals surface area (Å²) in [5.41, 5.74) is 2.49. The Morgan fingerprint density at radius 2 is 2.00 bits per heavy atom. The third-order valence-corrected chi connectivity index (χ3v) is 3.69. The standard InChI is InChI=1S/C15H17ClN2O3/c1-10-15(16)11(2)18(17-10)7-8-21-13-5-3-12(4-6-13)9-14(19)20/h3-6H,7-9H2,1-2H3,(H,19,20). The zero-order valence-corrected chi connectivity index (χ0v) is 12.7. The molecule has 5 nitrogen and oxygen atoms in total. The summed E-state index contributed by atoms with van der Waals surface area (Å²) in [6.07, 6.45) is 0.0184. The Bertz CT molecular complexity index is 635. The topological polar surface area (TPSA) is 64.4 Å². The normalized spacial score (nSPS) is 10.6. The first kappa shape index (κ1) is 15.4. The van der Waals surface area contributed by atoms with Gasteiger partial charge in [0.2, 0.25) is 0 Å². The Hall–Kier alpha value is -2.01. The Kier molecular flexibility index (Phi) is 4.85. The molecule has 0 aliphatic rings. The predicted octanol–water partition coefficient (Wildman–Crippen LogP) is 2.86. The van der Waals surface area contributed by atoms with Crippen molar-refractivity contribution >= 4 is 17.6 Å². The van der Waals surface area contributed by atoms with Crippen LogP contribution in [0, 0.1) is 13.8 Å². The van der Waals surface area contributed by atoms with E-state index in [4.69, 9.17) is 21.4 Å². The molecule has 0 saturated heterocycles. The van der Waals surface area contributed by atoms with Crippen LogP contribution in [0.4, 0.5) is 0 Å². The van der Waals surface area contributed by atoms with E-state index in [2.05, 4.69) is 5.10 Å². The van der Waals surface area contributed by atoms with E-state index in [1.54, 1.807) is 24.3 Å². The number of aliphatic carboxylic acids is 1. The third kappa shape index (κ3) is 3.98. The highest BCUT2D eigenvalue weighted by Crippen LogP contribution is 2.19. The first-order valence-electron chi connectivity index (χ1n) is 6.60. The summed E-state index contributed by atoms with van der Waals surface area (Å²) in [4.78, 5) is 10.6. The number of carboxylic acid groups (broad SMARTS) is 1. The molecule has 0 aliphatic carbocycles. The first-order chi connectivity index (χ1) is 9.97. The Morgan fingerprint density at radius 3 is 2.52 bits per heavy atom. The van der Waals surface area contributed by atoms with Gasteiger partial charge in [-0.15, -0.1) is 0 Å². The molecule has 0 amide bonds. The maximum atomic E-state index is 10.6. The van der Waals surface area contributed by atoms with Gasteiger partial charge in [0.15, 0.2) is 0 Å². The van der Waals surface area contributed by atoms with E-state index in [1.807, 2.05) is 18.5 Å². The molecule has 0 aliphatic heterocycles. The van der Waals surface area contributed by atoms with Crippen LogP contribution in [-0.4, -0.2) is 27.5 Å². The molecular formula is C15H17ClN2O3. The second-order valence-corrected chi connectivity index (χ2v) is 5.15. The summed E-state index contributed by atoms with van der Waals surface area (Å²) in [6, 6.07) is 7.05. The van der Waals surface area contributed by atoms with Gasteiger partial charge in [0.05, 0.1) is 29.4 Å². The van der Waals surface area contributed by atoms with Crippen LogP contribution in [0.3, 0.4) is 0 Å². The maximum absolute atomic E-state index is 10.6. The quantitative estimate of drug-likeness (QED) is 0.891. The zero-order valence-electron chi connectivity index (χ0n) is 12.0. The van der Waals surface area contributed by atoms with Crippen LogP contribution in [0.15, 0.2) is 24.3 Å². The molecule has 0 atom stereocenters. The second kappa shape index (κ2) is 6.63. The van der Waals surface area contributed by atoms with Crippen LogP contribution >= 0.6 is 11.6 Å². The molecule has 2 aromatic rings. The minimum atomic E-state index is -0.843. The number of carboxylic acids is 1. The van der Waals surface area contributed by atoms with Crippen molar-refractivity contribution in [2.75, 3.05) is 6.61 Å². The van der Waals surface area contributed by atoms with E-state index < -0.39 is 5.97 Å². The Balaban J connectivity index is 1.88. The van der Waals surface area contributed by atoms with Crippen molar-refractivity contribution in [1.82, 2.24) is 9.78 Å². The van der Waals surface area contributed by atoms with Gasteiger partial charge in [-0.1, -0.05) is 23.7 Å². The van der Waals surface area contributed by atoms with E-state index >= 15 is 0 Å². The molecule has 2 rings (SSSR count). The number of aryl methyl sites for hydroxylation is 1. The van der Waals surface area contributed by atoms with Gasteiger partial charge in [0.25, 0.3) is 0 Å². The van der Waals surface area contributed by atoms with Crippen LogP contribution in [0.1, 0.15) is 17.0 Å². The third-order valence-electron chi connectivity index (χ3n) is 3.14. The molecule has 6 heteroatoms. The lowest BCUT2D eigenvalue weighted by Crippen LogP contribution is -2.11. The lowest BCUT2D eigenvalue weighted by molar-refractivity contribution is -0.136. The monoisotopic (exact) mass is 308 g/mol. The van der Waals surface area contributed by atoms with E-state index in [0.717, 1.165) is 17.0 Å². The van der Waals surface area contributed by atoms with E-state index in [0.29, 0.717) is 23.9 Å². The van der Waals surface area contributed by atoms with E-state index in [9.17, 15) is 4.79 Å². The number of hydrogen-bond acceptors (Lipinski definition) is 3. The number of benzene rings is 1. The van der Waals surface area contributed by atoms with Crippen molar-refractivity contribution in [2.45, 2.75) is 26.8 Å². The SMILES string of the molecule is Cc1nn(CCOc2ccc(CC(=O)O)cc2)c(C)c1Cl. The molecule has 1 aromatic carbocycles. The van der Waals surface area contributed by atoms with Crippen LogP contribution < -0.4 is 4.74 Å². The number of hydrogen-bond donors (Lipinski definition) is 1. The van der Waals surface area contributed by atoms with Crippen LogP contribution in [0.25, 0.3) is 0 Å². The summed E-state index contributed by atoms with van der Waals surface area (Å²) >= 11 is 6.08. The number of nitrogens with zero attached hydrogens (tertiary/aromatic N) is 2. The van der Waals surface area contributed by atoms with Crippen molar-refractivity contribution in [3.8, 4) is 5.75 Å².